The molecule has 5 nitrogen and oxygen atoms in total. The van der Waals surface area contributed by atoms with Crippen molar-refractivity contribution in [3.63, 3.8) is 0 Å². The van der Waals surface area contributed by atoms with Gasteiger partial charge in [0.2, 0.25) is 0 Å². The van der Waals surface area contributed by atoms with E-state index in [4.69, 9.17) is 10.7 Å². The molecule has 0 saturated heterocycles. The zero-order valence-corrected chi connectivity index (χ0v) is 11.6. The Balaban J connectivity index is 3.57. The fourth-order valence-electron chi connectivity index (χ4n) is 1.01. The maximum atomic E-state index is 12.2. The second-order valence-electron chi connectivity index (χ2n) is 2.76. The van der Waals surface area contributed by atoms with Crippen LogP contribution in [-0.2, 0) is 9.05 Å². The van der Waals surface area contributed by atoms with Crippen LogP contribution in [0.25, 0.3) is 0 Å². The minimum absolute atomic E-state index is 0.419. The van der Waals surface area contributed by atoms with E-state index in [2.05, 4.69) is 30.4 Å². The first-order chi connectivity index (χ1) is 8.06. The normalized spacial score (nSPS) is 12.3. The molecule has 0 radical (unpaired) electrons. The molecule has 1 aromatic rings. The summed E-state index contributed by atoms with van der Waals surface area (Å²) in [6.45, 7) is 0. The Hall–Kier alpha value is -0.740. The fraction of sp³-hybridized carbons (Fsp3) is 0.286. The fourth-order valence-corrected chi connectivity index (χ4v) is 3.26. The van der Waals surface area contributed by atoms with Crippen LogP contribution in [0.4, 0.5) is 13.2 Å². The summed E-state index contributed by atoms with van der Waals surface area (Å²) in [4.78, 5) is 2.53. The smallest absolute Gasteiger partial charge is 0.491 e. The number of aromatic nitrogens is 1. The molecule has 102 valence electrons. The molecule has 0 amide bonds. The molecule has 0 bridgehead atoms. The Kier molecular flexibility index (Phi) is 4.34. The Morgan fingerprint density at radius 1 is 1.44 bits per heavy atom. The van der Waals surface area contributed by atoms with Crippen LogP contribution < -0.4 is 9.47 Å². The molecule has 0 spiro atoms. The van der Waals surface area contributed by atoms with E-state index >= 15 is 0 Å². The molecule has 0 N–H and O–H groups in total. The van der Waals surface area contributed by atoms with Crippen LogP contribution >= 0.6 is 26.6 Å². The van der Waals surface area contributed by atoms with E-state index in [1.165, 1.54) is 0 Å². The summed E-state index contributed by atoms with van der Waals surface area (Å²) >= 11 is 2.68. The Labute approximate surface area is 112 Å². The van der Waals surface area contributed by atoms with Gasteiger partial charge < -0.3 is 9.47 Å². The standard InChI is InChI=1S/C7H4BrClF3NO4S/c1-16-3-2-13-6(8)5(18(9,14)15)4(3)17-7(10,11)12/h2H,1H3. The summed E-state index contributed by atoms with van der Waals surface area (Å²) in [5.41, 5.74) is 0. The second kappa shape index (κ2) is 5.10. The van der Waals surface area contributed by atoms with Crippen LogP contribution in [0, 0.1) is 0 Å². The first-order valence-corrected chi connectivity index (χ1v) is 7.09. The van der Waals surface area contributed by atoms with Crippen LogP contribution in [0.2, 0.25) is 0 Å². The molecule has 11 heteroatoms. The Bertz CT molecular complexity index is 563. The maximum Gasteiger partial charge on any atom is 0.573 e. The van der Waals surface area contributed by atoms with Gasteiger partial charge in [-0.3, -0.25) is 0 Å². The van der Waals surface area contributed by atoms with E-state index in [9.17, 15) is 21.6 Å². The van der Waals surface area contributed by atoms with Crippen molar-refractivity contribution in [3.05, 3.63) is 10.8 Å². The molecule has 0 aliphatic carbocycles. The van der Waals surface area contributed by atoms with Gasteiger partial charge in [-0.1, -0.05) is 0 Å². The molecule has 1 heterocycles. The third-order valence-corrected chi connectivity index (χ3v) is 3.79. The van der Waals surface area contributed by atoms with Gasteiger partial charge in [-0.25, -0.2) is 13.4 Å². The number of nitrogens with zero attached hydrogens (tertiary/aromatic N) is 1. The molecular formula is C7H4BrClF3NO4S. The number of hydrogen-bond acceptors (Lipinski definition) is 5. The third-order valence-electron chi connectivity index (χ3n) is 1.59. The average Bonchev–Trinajstić information content (AvgIpc) is 2.13. The topological polar surface area (TPSA) is 65.5 Å². The second-order valence-corrected chi connectivity index (χ2v) is 6.02. The molecule has 0 aliphatic rings. The van der Waals surface area contributed by atoms with Gasteiger partial charge in [0.05, 0.1) is 13.3 Å². The van der Waals surface area contributed by atoms with E-state index < -0.39 is 36.4 Å². The first-order valence-electron chi connectivity index (χ1n) is 3.99. The van der Waals surface area contributed by atoms with Gasteiger partial charge >= 0.3 is 6.36 Å². The molecule has 1 rings (SSSR count). The number of ether oxygens (including phenoxy) is 2. The predicted molar refractivity (Wildman–Crippen MR) is 58.2 cm³/mol. The van der Waals surface area contributed by atoms with E-state index in [-0.39, 0.29) is 0 Å². The monoisotopic (exact) mass is 369 g/mol. The van der Waals surface area contributed by atoms with Gasteiger partial charge in [0.15, 0.2) is 16.4 Å². The van der Waals surface area contributed by atoms with E-state index in [0.717, 1.165) is 13.3 Å². The summed E-state index contributed by atoms with van der Waals surface area (Å²) in [6.07, 6.45) is -4.25. The van der Waals surface area contributed by atoms with Gasteiger partial charge in [-0.15, -0.1) is 13.2 Å². The molecule has 0 aliphatic heterocycles. The van der Waals surface area contributed by atoms with Crippen molar-refractivity contribution in [2.24, 2.45) is 0 Å². The highest BCUT2D eigenvalue weighted by atomic mass is 79.9. The summed E-state index contributed by atoms with van der Waals surface area (Å²) in [7, 11) is 1.54. The highest BCUT2D eigenvalue weighted by molar-refractivity contribution is 9.10. The zero-order valence-electron chi connectivity index (χ0n) is 8.46. The highest BCUT2D eigenvalue weighted by Gasteiger charge is 2.37. The van der Waals surface area contributed by atoms with Crippen LogP contribution in [0.3, 0.4) is 0 Å². The minimum atomic E-state index is -5.11. The molecule has 18 heavy (non-hydrogen) atoms. The summed E-state index contributed by atoms with van der Waals surface area (Å²) < 4.78 is 66.8. The Morgan fingerprint density at radius 3 is 2.39 bits per heavy atom. The van der Waals surface area contributed by atoms with Crippen molar-refractivity contribution in [1.29, 1.82) is 0 Å². The van der Waals surface area contributed by atoms with Crippen LogP contribution in [-0.4, -0.2) is 26.9 Å². The number of alkyl halides is 3. The SMILES string of the molecule is COc1cnc(Br)c(S(=O)(=O)Cl)c1OC(F)(F)F. The number of halogens is 5. The quantitative estimate of drug-likeness (QED) is 0.604. The van der Waals surface area contributed by atoms with Crippen molar-refractivity contribution < 1.29 is 31.1 Å². The first kappa shape index (κ1) is 15.3. The van der Waals surface area contributed by atoms with Crippen LogP contribution in [0.15, 0.2) is 15.7 Å². The number of methoxy groups -OCH3 is 1. The Morgan fingerprint density at radius 2 is 2.00 bits per heavy atom. The third kappa shape index (κ3) is 3.62. The van der Waals surface area contributed by atoms with Crippen molar-refractivity contribution in [2.45, 2.75) is 11.3 Å². The highest BCUT2D eigenvalue weighted by Crippen LogP contribution is 2.41. The summed E-state index contributed by atoms with van der Waals surface area (Å²) in [5, 5.41) is 0. The van der Waals surface area contributed by atoms with Gasteiger partial charge in [-0.05, 0) is 15.9 Å². The number of pyridine rings is 1. The summed E-state index contributed by atoms with van der Waals surface area (Å²) in [5.74, 6) is -1.60. The van der Waals surface area contributed by atoms with E-state index in [1.54, 1.807) is 0 Å². The van der Waals surface area contributed by atoms with Gasteiger partial charge in [-0.2, -0.15) is 0 Å². The summed E-state index contributed by atoms with van der Waals surface area (Å²) in [6, 6.07) is 0. The van der Waals surface area contributed by atoms with E-state index in [0.29, 0.717) is 0 Å². The molecule has 0 saturated carbocycles. The maximum absolute atomic E-state index is 12.2. The number of hydrogen-bond donors (Lipinski definition) is 0. The van der Waals surface area contributed by atoms with Crippen LogP contribution in [0.5, 0.6) is 11.5 Å². The van der Waals surface area contributed by atoms with Gasteiger partial charge in [0.1, 0.15) is 4.60 Å². The average molecular weight is 371 g/mol. The molecule has 0 fully saturated rings. The van der Waals surface area contributed by atoms with Crippen molar-refractivity contribution in [2.75, 3.05) is 7.11 Å². The van der Waals surface area contributed by atoms with Crippen molar-refractivity contribution in [1.82, 2.24) is 4.98 Å². The largest absolute Gasteiger partial charge is 0.573 e. The van der Waals surface area contributed by atoms with Crippen LogP contribution in [0.1, 0.15) is 0 Å². The zero-order chi connectivity index (χ0) is 14.1. The van der Waals surface area contributed by atoms with Crippen molar-refractivity contribution >= 4 is 35.7 Å². The molecule has 0 aromatic carbocycles. The molecule has 0 unspecified atom stereocenters. The lowest BCUT2D eigenvalue weighted by Gasteiger charge is -2.15. The lowest BCUT2D eigenvalue weighted by molar-refractivity contribution is -0.276. The van der Waals surface area contributed by atoms with E-state index in [1.807, 2.05) is 0 Å². The molecule has 1 aromatic heterocycles. The molecule has 0 atom stereocenters. The lowest BCUT2D eigenvalue weighted by atomic mass is 10.4. The van der Waals surface area contributed by atoms with Gasteiger partial charge in [0.25, 0.3) is 9.05 Å². The molecular weight excluding hydrogens is 366 g/mol. The predicted octanol–water partition coefficient (Wildman–Crippen LogP) is 2.68. The number of rotatable bonds is 3. The van der Waals surface area contributed by atoms with Crippen molar-refractivity contribution in [3.8, 4) is 11.5 Å². The van der Waals surface area contributed by atoms with Gasteiger partial charge in [0, 0.05) is 10.7 Å². The minimum Gasteiger partial charge on any atom is -0.491 e. The lowest BCUT2D eigenvalue weighted by Crippen LogP contribution is -2.19.